The number of aliphatic hydroxyl groups excluding tert-OH is 1. The molecular formula is C34H39ClF2N2O4. The lowest BCUT2D eigenvalue weighted by Crippen LogP contribution is -2.48. The van der Waals surface area contributed by atoms with Crippen LogP contribution in [-0.4, -0.2) is 36.3 Å². The summed E-state index contributed by atoms with van der Waals surface area (Å²) in [5.74, 6) is -3.12. The lowest BCUT2D eigenvalue weighted by molar-refractivity contribution is 0.0617. The van der Waals surface area contributed by atoms with Crippen molar-refractivity contribution in [2.24, 2.45) is 11.1 Å². The van der Waals surface area contributed by atoms with Crippen molar-refractivity contribution in [3.63, 3.8) is 0 Å². The third kappa shape index (κ3) is 5.97. The SMILES string of the molecule is C[C@H](O)COc1ccc(C(N)=O)c(-c2c(Cl)c(F)cc3c2[C@H](C)[C@@](CNC2CCC(C)(C)CC2)(c2ccccc2)O3)c1F. The van der Waals surface area contributed by atoms with Crippen LogP contribution >= 0.6 is 11.6 Å². The summed E-state index contributed by atoms with van der Waals surface area (Å²) in [6, 6.07) is 13.8. The lowest BCUT2D eigenvalue weighted by atomic mass is 9.74. The Bertz CT molecular complexity index is 1500. The molecule has 230 valence electrons. The van der Waals surface area contributed by atoms with Gasteiger partial charge < -0.3 is 25.6 Å². The molecule has 1 aliphatic heterocycles. The number of halogens is 3. The van der Waals surface area contributed by atoms with Crippen molar-refractivity contribution in [2.75, 3.05) is 13.2 Å². The van der Waals surface area contributed by atoms with E-state index in [0.29, 0.717) is 17.5 Å². The van der Waals surface area contributed by atoms with Crippen molar-refractivity contribution in [3.8, 4) is 22.6 Å². The fourth-order valence-corrected chi connectivity index (χ4v) is 6.69. The number of amides is 1. The average molecular weight is 613 g/mol. The summed E-state index contributed by atoms with van der Waals surface area (Å²) in [7, 11) is 0. The van der Waals surface area contributed by atoms with Crippen LogP contribution in [0.3, 0.4) is 0 Å². The molecule has 1 aliphatic carbocycles. The van der Waals surface area contributed by atoms with E-state index in [1.807, 2.05) is 37.3 Å². The minimum Gasteiger partial charge on any atom is -0.488 e. The Morgan fingerprint density at radius 1 is 1.16 bits per heavy atom. The zero-order chi connectivity index (χ0) is 31.1. The van der Waals surface area contributed by atoms with Gasteiger partial charge in [0.25, 0.3) is 0 Å². The lowest BCUT2D eigenvalue weighted by Gasteiger charge is -2.39. The van der Waals surface area contributed by atoms with Crippen LogP contribution in [0.15, 0.2) is 48.5 Å². The summed E-state index contributed by atoms with van der Waals surface area (Å²) in [5.41, 5.74) is 5.91. The molecule has 0 aromatic heterocycles. The van der Waals surface area contributed by atoms with Gasteiger partial charge in [-0.15, -0.1) is 0 Å². The first-order valence-corrected chi connectivity index (χ1v) is 15.2. The van der Waals surface area contributed by atoms with Gasteiger partial charge in [0.05, 0.1) is 16.7 Å². The Balaban J connectivity index is 1.64. The maximum absolute atomic E-state index is 16.3. The number of primary amides is 1. The molecule has 1 saturated carbocycles. The van der Waals surface area contributed by atoms with Gasteiger partial charge in [-0.2, -0.15) is 0 Å². The summed E-state index contributed by atoms with van der Waals surface area (Å²) in [6.45, 7) is 8.24. The van der Waals surface area contributed by atoms with E-state index in [9.17, 15) is 9.90 Å². The summed E-state index contributed by atoms with van der Waals surface area (Å²) in [6.07, 6.45) is 3.39. The number of ether oxygens (including phenoxy) is 2. The van der Waals surface area contributed by atoms with Crippen molar-refractivity contribution >= 4 is 17.5 Å². The fraction of sp³-hybridized carbons (Fsp3) is 0.441. The van der Waals surface area contributed by atoms with Crippen LogP contribution < -0.4 is 20.5 Å². The molecule has 3 aromatic rings. The molecule has 9 heteroatoms. The molecular weight excluding hydrogens is 574 g/mol. The zero-order valence-corrected chi connectivity index (χ0v) is 25.7. The zero-order valence-electron chi connectivity index (χ0n) is 25.0. The summed E-state index contributed by atoms with van der Waals surface area (Å²) >= 11 is 6.62. The maximum atomic E-state index is 16.3. The first kappa shape index (κ1) is 31.2. The predicted octanol–water partition coefficient (Wildman–Crippen LogP) is 7.09. The van der Waals surface area contributed by atoms with Crippen LogP contribution in [0, 0.1) is 17.0 Å². The fourth-order valence-electron chi connectivity index (χ4n) is 6.44. The van der Waals surface area contributed by atoms with Crippen LogP contribution in [0.25, 0.3) is 11.1 Å². The Morgan fingerprint density at radius 3 is 2.47 bits per heavy atom. The van der Waals surface area contributed by atoms with Crippen LogP contribution in [0.5, 0.6) is 11.5 Å². The molecule has 1 amide bonds. The van der Waals surface area contributed by atoms with Crippen LogP contribution in [0.1, 0.15) is 80.8 Å². The highest BCUT2D eigenvalue weighted by Gasteiger charge is 2.50. The van der Waals surface area contributed by atoms with E-state index in [-0.39, 0.29) is 45.9 Å². The van der Waals surface area contributed by atoms with Gasteiger partial charge in [0, 0.05) is 41.3 Å². The monoisotopic (exact) mass is 612 g/mol. The number of carbonyl (C=O) groups is 1. The van der Waals surface area contributed by atoms with Crippen molar-refractivity contribution < 1.29 is 28.2 Å². The van der Waals surface area contributed by atoms with Crippen molar-refractivity contribution in [1.29, 1.82) is 0 Å². The van der Waals surface area contributed by atoms with Gasteiger partial charge >= 0.3 is 0 Å². The second kappa shape index (κ2) is 12.1. The number of hydrogen-bond acceptors (Lipinski definition) is 5. The number of aliphatic hydroxyl groups is 1. The number of nitrogens with two attached hydrogens (primary N) is 1. The van der Waals surface area contributed by atoms with Gasteiger partial charge in [-0.1, -0.05) is 62.7 Å². The van der Waals surface area contributed by atoms with E-state index in [1.54, 1.807) is 0 Å². The van der Waals surface area contributed by atoms with Crippen LogP contribution in [-0.2, 0) is 5.60 Å². The molecule has 3 atom stereocenters. The highest BCUT2D eigenvalue weighted by Crippen LogP contribution is 2.56. The van der Waals surface area contributed by atoms with E-state index in [2.05, 4.69) is 19.2 Å². The number of carbonyl (C=O) groups excluding carboxylic acids is 1. The van der Waals surface area contributed by atoms with Crippen molar-refractivity contribution in [3.05, 3.63) is 81.9 Å². The molecule has 43 heavy (non-hydrogen) atoms. The molecule has 0 unspecified atom stereocenters. The second-order valence-electron chi connectivity index (χ2n) is 12.7. The standard InChI is InChI=1S/C34H39ClF2N2O4/c1-19(40)17-42-25-11-10-23(32(38)41)28(31(25)37)29-27-20(2)34(21-8-6-5-7-9-21,43-26(27)16-24(36)30(29)35)18-39-22-12-14-33(3,4)15-13-22/h5-11,16,19-20,22,39-40H,12-15,17-18H2,1-4H3,(H2,38,41)/t19-,20-,34-/m0/s1. The van der Waals surface area contributed by atoms with Gasteiger partial charge in [-0.05, 0) is 55.7 Å². The highest BCUT2D eigenvalue weighted by molar-refractivity contribution is 6.34. The molecule has 6 nitrogen and oxygen atoms in total. The number of fused-ring (bicyclic) bond motifs is 1. The Morgan fingerprint density at radius 2 is 1.84 bits per heavy atom. The van der Waals surface area contributed by atoms with E-state index in [4.69, 9.17) is 26.8 Å². The molecule has 0 radical (unpaired) electrons. The van der Waals surface area contributed by atoms with Crippen molar-refractivity contribution in [1.82, 2.24) is 5.32 Å². The molecule has 1 heterocycles. The number of nitrogens with one attached hydrogen (secondary N) is 1. The first-order valence-electron chi connectivity index (χ1n) is 14.8. The molecule has 4 N–H and O–H groups in total. The topological polar surface area (TPSA) is 93.8 Å². The number of rotatable bonds is 9. The maximum Gasteiger partial charge on any atom is 0.249 e. The quantitative estimate of drug-likeness (QED) is 0.240. The number of hydrogen-bond donors (Lipinski definition) is 3. The predicted molar refractivity (Wildman–Crippen MR) is 164 cm³/mol. The summed E-state index contributed by atoms with van der Waals surface area (Å²) in [4.78, 5) is 12.6. The second-order valence-corrected chi connectivity index (χ2v) is 13.1. The van der Waals surface area contributed by atoms with E-state index in [0.717, 1.165) is 31.2 Å². The van der Waals surface area contributed by atoms with Crippen LogP contribution in [0.4, 0.5) is 8.78 Å². The molecule has 0 saturated heterocycles. The molecule has 2 aliphatic rings. The Labute approximate surface area is 256 Å². The smallest absolute Gasteiger partial charge is 0.249 e. The minimum atomic E-state index is -0.980. The van der Waals surface area contributed by atoms with Crippen molar-refractivity contribution in [2.45, 2.75) is 77.0 Å². The molecule has 3 aromatic carbocycles. The Hall–Kier alpha value is -3.20. The average Bonchev–Trinajstić information content (AvgIpc) is 3.24. The van der Waals surface area contributed by atoms with Gasteiger partial charge in [-0.3, -0.25) is 4.79 Å². The van der Waals surface area contributed by atoms with Crippen LogP contribution in [0.2, 0.25) is 5.02 Å². The Kier molecular flexibility index (Phi) is 8.76. The molecule has 0 spiro atoms. The molecule has 5 rings (SSSR count). The normalized spacial score (nSPS) is 22.1. The molecule has 0 bridgehead atoms. The largest absolute Gasteiger partial charge is 0.488 e. The van der Waals surface area contributed by atoms with Gasteiger partial charge in [0.1, 0.15) is 18.2 Å². The third-order valence-corrected chi connectivity index (χ3v) is 9.37. The number of benzene rings is 3. The third-order valence-electron chi connectivity index (χ3n) is 9.00. The van der Waals surface area contributed by atoms with E-state index >= 15 is 8.78 Å². The minimum absolute atomic E-state index is 0.00446. The summed E-state index contributed by atoms with van der Waals surface area (Å²) in [5, 5.41) is 13.1. The van der Waals surface area contributed by atoms with E-state index < -0.39 is 35.2 Å². The first-order chi connectivity index (χ1) is 20.3. The summed E-state index contributed by atoms with van der Waals surface area (Å²) < 4.78 is 44.0. The highest BCUT2D eigenvalue weighted by atomic mass is 35.5. The van der Waals surface area contributed by atoms with Gasteiger partial charge in [0.2, 0.25) is 5.91 Å². The van der Waals surface area contributed by atoms with Gasteiger partial charge in [0.15, 0.2) is 17.2 Å². The molecule has 1 fully saturated rings. The van der Waals surface area contributed by atoms with E-state index in [1.165, 1.54) is 25.1 Å². The van der Waals surface area contributed by atoms with Gasteiger partial charge in [-0.25, -0.2) is 8.78 Å².